The number of hydrogen-bond acceptors (Lipinski definition) is 4. The number of nitrogens with one attached hydrogen (secondary N) is 1. The van der Waals surface area contributed by atoms with Gasteiger partial charge in [-0.3, -0.25) is 24.1 Å². The second kappa shape index (κ2) is 11.1. The van der Waals surface area contributed by atoms with Crippen molar-refractivity contribution in [2.24, 2.45) is 23.7 Å². The number of carbonyl (C=O) groups is 4. The molecule has 3 fully saturated rings. The maximum absolute atomic E-state index is 12.5. The third-order valence-electron chi connectivity index (χ3n) is 7.27. The Hall–Kier alpha value is -1.92. The first-order valence-corrected chi connectivity index (χ1v) is 12.2. The molecule has 2 aliphatic heterocycles. The molecule has 7 heteroatoms. The SMILES string of the molecule is CC1CC(=O)N(CC2CCC(C(=O)NCCCCCC(=O)N3CC[C@@H](C)C3)CC2)C1=O. The minimum atomic E-state index is -0.184. The highest BCUT2D eigenvalue weighted by Crippen LogP contribution is 2.31. The smallest absolute Gasteiger partial charge is 0.232 e. The lowest BCUT2D eigenvalue weighted by molar-refractivity contribution is -0.140. The minimum absolute atomic E-state index is 0.0402. The summed E-state index contributed by atoms with van der Waals surface area (Å²) < 4.78 is 0. The topological polar surface area (TPSA) is 86.8 Å². The molecule has 174 valence electrons. The average Bonchev–Trinajstić information content (AvgIpc) is 3.29. The normalized spacial score (nSPS) is 29.0. The molecule has 7 nitrogen and oxygen atoms in total. The van der Waals surface area contributed by atoms with Crippen molar-refractivity contribution < 1.29 is 19.2 Å². The van der Waals surface area contributed by atoms with Crippen LogP contribution in [0.2, 0.25) is 0 Å². The highest BCUT2D eigenvalue weighted by molar-refractivity contribution is 6.03. The zero-order chi connectivity index (χ0) is 22.4. The summed E-state index contributed by atoms with van der Waals surface area (Å²) in [6.45, 7) is 7.00. The summed E-state index contributed by atoms with van der Waals surface area (Å²) in [7, 11) is 0. The fourth-order valence-electron chi connectivity index (χ4n) is 5.16. The van der Waals surface area contributed by atoms with Gasteiger partial charge in [0.05, 0.1) is 0 Å². The largest absolute Gasteiger partial charge is 0.356 e. The van der Waals surface area contributed by atoms with Crippen molar-refractivity contribution >= 4 is 23.6 Å². The van der Waals surface area contributed by atoms with Crippen LogP contribution in [0.5, 0.6) is 0 Å². The lowest BCUT2D eigenvalue weighted by atomic mass is 9.81. The Morgan fingerprint density at radius 3 is 2.35 bits per heavy atom. The van der Waals surface area contributed by atoms with Crippen LogP contribution in [0.1, 0.15) is 78.1 Å². The fourth-order valence-corrected chi connectivity index (χ4v) is 5.16. The summed E-state index contributed by atoms with van der Waals surface area (Å²) in [4.78, 5) is 52.1. The maximum atomic E-state index is 12.5. The van der Waals surface area contributed by atoms with Crippen molar-refractivity contribution in [3.05, 3.63) is 0 Å². The average molecular weight is 434 g/mol. The van der Waals surface area contributed by atoms with E-state index < -0.39 is 0 Å². The third kappa shape index (κ3) is 6.53. The van der Waals surface area contributed by atoms with Crippen molar-refractivity contribution in [1.82, 2.24) is 15.1 Å². The van der Waals surface area contributed by atoms with Crippen LogP contribution in [0.15, 0.2) is 0 Å². The standard InChI is InChI=1S/C24H39N3O4/c1-17-11-13-26(15-17)21(28)6-4-3-5-12-25-23(30)20-9-7-19(8-10-20)16-27-22(29)14-18(2)24(27)31/h17-20H,3-16H2,1-2H3,(H,25,30)/t17-,18?,19?,20?/m1/s1. The van der Waals surface area contributed by atoms with E-state index in [1.807, 2.05) is 11.8 Å². The number of rotatable bonds is 9. The summed E-state index contributed by atoms with van der Waals surface area (Å²) in [5, 5.41) is 3.06. The molecule has 4 amide bonds. The monoisotopic (exact) mass is 433 g/mol. The quantitative estimate of drug-likeness (QED) is 0.447. The van der Waals surface area contributed by atoms with Gasteiger partial charge in [0.15, 0.2) is 0 Å². The van der Waals surface area contributed by atoms with Gasteiger partial charge in [-0.05, 0) is 56.8 Å². The van der Waals surface area contributed by atoms with Gasteiger partial charge < -0.3 is 10.2 Å². The highest BCUT2D eigenvalue weighted by atomic mass is 16.2. The lowest BCUT2D eigenvalue weighted by Crippen LogP contribution is -2.38. The van der Waals surface area contributed by atoms with E-state index in [0.717, 1.165) is 64.5 Å². The molecule has 1 saturated carbocycles. The van der Waals surface area contributed by atoms with E-state index in [1.54, 1.807) is 0 Å². The molecule has 0 aromatic heterocycles. The van der Waals surface area contributed by atoms with Crippen LogP contribution in [0.4, 0.5) is 0 Å². The Balaban J connectivity index is 1.24. The summed E-state index contributed by atoms with van der Waals surface area (Å²) in [6, 6.07) is 0. The second-order valence-corrected chi connectivity index (χ2v) is 10.0. The van der Waals surface area contributed by atoms with Crippen LogP contribution in [0.25, 0.3) is 0 Å². The van der Waals surface area contributed by atoms with Crippen LogP contribution < -0.4 is 5.32 Å². The molecule has 2 heterocycles. The van der Waals surface area contributed by atoms with Crippen LogP contribution in [0.3, 0.4) is 0 Å². The molecule has 2 saturated heterocycles. The van der Waals surface area contributed by atoms with Gasteiger partial charge in [0.1, 0.15) is 0 Å². The van der Waals surface area contributed by atoms with E-state index in [4.69, 9.17) is 0 Å². The molecule has 0 radical (unpaired) electrons. The molecular formula is C24H39N3O4. The number of amides is 4. The predicted molar refractivity (Wildman–Crippen MR) is 118 cm³/mol. The Labute approximate surface area is 186 Å². The number of unbranched alkanes of at least 4 members (excludes halogenated alkanes) is 2. The number of likely N-dealkylation sites (tertiary alicyclic amines) is 2. The molecule has 1 unspecified atom stereocenters. The van der Waals surface area contributed by atoms with E-state index in [-0.39, 0.29) is 35.5 Å². The van der Waals surface area contributed by atoms with E-state index in [9.17, 15) is 19.2 Å². The van der Waals surface area contributed by atoms with E-state index in [0.29, 0.717) is 37.8 Å². The Morgan fingerprint density at radius 1 is 1.00 bits per heavy atom. The van der Waals surface area contributed by atoms with E-state index in [1.165, 1.54) is 4.90 Å². The maximum Gasteiger partial charge on any atom is 0.232 e. The first-order valence-electron chi connectivity index (χ1n) is 12.2. The zero-order valence-corrected chi connectivity index (χ0v) is 19.2. The molecule has 1 aliphatic carbocycles. The first-order chi connectivity index (χ1) is 14.8. The number of imide groups is 1. The fraction of sp³-hybridized carbons (Fsp3) is 0.833. The van der Waals surface area contributed by atoms with Crippen molar-refractivity contribution in [2.75, 3.05) is 26.2 Å². The first kappa shape index (κ1) is 23.7. The third-order valence-corrected chi connectivity index (χ3v) is 7.27. The molecule has 0 bridgehead atoms. The molecule has 3 rings (SSSR count). The van der Waals surface area contributed by atoms with Crippen LogP contribution in [-0.2, 0) is 19.2 Å². The number of hydrogen-bond donors (Lipinski definition) is 1. The van der Waals surface area contributed by atoms with Crippen molar-refractivity contribution in [2.45, 2.75) is 78.1 Å². The summed E-state index contributed by atoms with van der Waals surface area (Å²) in [5.41, 5.74) is 0. The molecule has 2 atom stereocenters. The second-order valence-electron chi connectivity index (χ2n) is 10.0. The van der Waals surface area contributed by atoms with Crippen molar-refractivity contribution in [3.63, 3.8) is 0 Å². The van der Waals surface area contributed by atoms with Gasteiger partial charge in [0.2, 0.25) is 23.6 Å². The minimum Gasteiger partial charge on any atom is -0.356 e. The lowest BCUT2D eigenvalue weighted by Gasteiger charge is -2.30. The number of nitrogens with zero attached hydrogens (tertiary/aromatic N) is 2. The van der Waals surface area contributed by atoms with Crippen LogP contribution in [-0.4, -0.2) is 59.6 Å². The van der Waals surface area contributed by atoms with Crippen LogP contribution >= 0.6 is 0 Å². The Morgan fingerprint density at radius 2 is 1.74 bits per heavy atom. The van der Waals surface area contributed by atoms with Gasteiger partial charge in [0.25, 0.3) is 0 Å². The molecule has 3 aliphatic rings. The van der Waals surface area contributed by atoms with Gasteiger partial charge in [-0.1, -0.05) is 20.3 Å². The Bertz CT molecular complexity index is 672. The van der Waals surface area contributed by atoms with Gasteiger partial charge in [0, 0.05) is 50.9 Å². The summed E-state index contributed by atoms with van der Waals surface area (Å²) in [6.07, 6.45) is 8.25. The van der Waals surface area contributed by atoms with Gasteiger partial charge in [-0.25, -0.2) is 0 Å². The molecule has 0 spiro atoms. The molecule has 1 N–H and O–H groups in total. The highest BCUT2D eigenvalue weighted by Gasteiger charge is 2.37. The predicted octanol–water partition coefficient (Wildman–Crippen LogP) is 2.73. The molecular weight excluding hydrogens is 394 g/mol. The van der Waals surface area contributed by atoms with Crippen molar-refractivity contribution in [1.29, 1.82) is 0 Å². The van der Waals surface area contributed by atoms with Gasteiger partial charge >= 0.3 is 0 Å². The van der Waals surface area contributed by atoms with Crippen molar-refractivity contribution in [3.8, 4) is 0 Å². The zero-order valence-electron chi connectivity index (χ0n) is 19.2. The summed E-state index contributed by atoms with van der Waals surface area (Å²) in [5.74, 6) is 1.12. The van der Waals surface area contributed by atoms with Crippen LogP contribution in [0, 0.1) is 23.7 Å². The number of carbonyl (C=O) groups excluding carboxylic acids is 4. The summed E-state index contributed by atoms with van der Waals surface area (Å²) >= 11 is 0. The van der Waals surface area contributed by atoms with E-state index >= 15 is 0 Å². The molecule has 0 aromatic rings. The molecule has 31 heavy (non-hydrogen) atoms. The van der Waals surface area contributed by atoms with Gasteiger partial charge in [-0.15, -0.1) is 0 Å². The molecule has 0 aromatic carbocycles. The van der Waals surface area contributed by atoms with Gasteiger partial charge in [-0.2, -0.15) is 0 Å². The van der Waals surface area contributed by atoms with E-state index in [2.05, 4.69) is 12.2 Å². The Kier molecular flexibility index (Phi) is 8.50.